The number of aryl methyl sites for hydroxylation is 1. The third-order valence-corrected chi connectivity index (χ3v) is 1.62. The molecule has 0 aromatic heterocycles. The van der Waals surface area contributed by atoms with Gasteiger partial charge < -0.3 is 5.73 Å². The van der Waals surface area contributed by atoms with E-state index in [1.54, 1.807) is 12.1 Å². The van der Waals surface area contributed by atoms with Crippen LogP contribution >= 0.6 is 0 Å². The Morgan fingerprint density at radius 3 is 2.73 bits per heavy atom. The van der Waals surface area contributed by atoms with Crippen molar-refractivity contribution < 1.29 is 0 Å². The Bertz CT molecular complexity index is 271. The molecule has 0 amide bonds. The second-order valence-corrected chi connectivity index (χ2v) is 2.33. The third kappa shape index (κ3) is 1.55. The van der Waals surface area contributed by atoms with E-state index in [1.807, 2.05) is 13.0 Å². The molecule has 3 heteroatoms. The van der Waals surface area contributed by atoms with Crippen molar-refractivity contribution in [1.82, 2.24) is 0 Å². The molecule has 0 saturated carbocycles. The van der Waals surface area contributed by atoms with E-state index in [0.717, 1.165) is 12.0 Å². The highest BCUT2D eigenvalue weighted by atomic mass is 16.3. The number of rotatable bonds is 2. The molecule has 3 nitrogen and oxygen atoms in total. The van der Waals surface area contributed by atoms with Gasteiger partial charge in [0.15, 0.2) is 0 Å². The highest BCUT2D eigenvalue weighted by molar-refractivity contribution is 5.56. The number of anilines is 1. The Labute approximate surface area is 65.2 Å². The molecule has 1 aromatic rings. The maximum Gasteiger partial charge on any atom is 0.110 e. The fourth-order valence-electron chi connectivity index (χ4n) is 0.961. The Kier molecular flexibility index (Phi) is 2.21. The second kappa shape index (κ2) is 3.14. The van der Waals surface area contributed by atoms with Crippen molar-refractivity contribution in [1.29, 1.82) is 0 Å². The summed E-state index contributed by atoms with van der Waals surface area (Å²) in [5.74, 6) is 0. The van der Waals surface area contributed by atoms with Crippen molar-refractivity contribution in [2.24, 2.45) is 5.18 Å². The van der Waals surface area contributed by atoms with Crippen molar-refractivity contribution >= 4 is 11.4 Å². The summed E-state index contributed by atoms with van der Waals surface area (Å²) >= 11 is 0. The Morgan fingerprint density at radius 1 is 1.55 bits per heavy atom. The van der Waals surface area contributed by atoms with Crippen molar-refractivity contribution in [3.05, 3.63) is 28.7 Å². The van der Waals surface area contributed by atoms with Crippen molar-refractivity contribution in [3.8, 4) is 0 Å². The molecule has 0 heterocycles. The molecule has 0 spiro atoms. The minimum atomic E-state index is 0.389. The quantitative estimate of drug-likeness (QED) is 0.519. The standard InChI is InChI=1S/C8H10N2O/c1-2-6-3-4-7(10-11)5-8(6)9/h3-5H,2,9H2,1H3. The highest BCUT2D eigenvalue weighted by Gasteiger charge is 1.97. The minimum Gasteiger partial charge on any atom is -0.398 e. The van der Waals surface area contributed by atoms with Gasteiger partial charge in [0, 0.05) is 5.69 Å². The van der Waals surface area contributed by atoms with E-state index in [-0.39, 0.29) is 0 Å². The Morgan fingerprint density at radius 2 is 2.27 bits per heavy atom. The summed E-state index contributed by atoms with van der Waals surface area (Å²) in [6, 6.07) is 5.08. The number of hydrogen-bond acceptors (Lipinski definition) is 3. The molecule has 0 bridgehead atoms. The monoisotopic (exact) mass is 150 g/mol. The van der Waals surface area contributed by atoms with Gasteiger partial charge in [0.05, 0.1) is 0 Å². The van der Waals surface area contributed by atoms with Gasteiger partial charge >= 0.3 is 0 Å². The van der Waals surface area contributed by atoms with Crippen LogP contribution in [0.1, 0.15) is 12.5 Å². The third-order valence-electron chi connectivity index (χ3n) is 1.62. The maximum atomic E-state index is 10.1. The van der Waals surface area contributed by atoms with E-state index >= 15 is 0 Å². The van der Waals surface area contributed by atoms with Crippen LogP contribution in [0.2, 0.25) is 0 Å². The summed E-state index contributed by atoms with van der Waals surface area (Å²) in [6.45, 7) is 2.01. The van der Waals surface area contributed by atoms with Gasteiger partial charge in [-0.05, 0) is 29.3 Å². The maximum absolute atomic E-state index is 10.1. The predicted molar refractivity (Wildman–Crippen MR) is 45.7 cm³/mol. The Hall–Kier alpha value is -1.38. The summed E-state index contributed by atoms with van der Waals surface area (Å²) in [4.78, 5) is 10.1. The zero-order chi connectivity index (χ0) is 8.27. The van der Waals surface area contributed by atoms with E-state index in [0.29, 0.717) is 11.4 Å². The van der Waals surface area contributed by atoms with Crippen molar-refractivity contribution in [2.75, 3.05) is 5.73 Å². The first-order valence-electron chi connectivity index (χ1n) is 3.49. The lowest BCUT2D eigenvalue weighted by Crippen LogP contribution is -1.91. The van der Waals surface area contributed by atoms with Crippen LogP contribution in [0.3, 0.4) is 0 Å². The zero-order valence-corrected chi connectivity index (χ0v) is 6.37. The molecule has 0 aliphatic carbocycles. The van der Waals surface area contributed by atoms with Crippen molar-refractivity contribution in [2.45, 2.75) is 13.3 Å². The lowest BCUT2D eigenvalue weighted by atomic mass is 10.1. The number of nitrogens with zero attached hydrogens (tertiary/aromatic N) is 1. The van der Waals surface area contributed by atoms with E-state index in [1.165, 1.54) is 0 Å². The molecule has 1 aromatic carbocycles. The lowest BCUT2D eigenvalue weighted by Gasteiger charge is -2.00. The van der Waals surface area contributed by atoms with Crippen LogP contribution in [-0.2, 0) is 6.42 Å². The fourth-order valence-corrected chi connectivity index (χ4v) is 0.961. The smallest absolute Gasteiger partial charge is 0.110 e. The van der Waals surface area contributed by atoms with Crippen LogP contribution in [0.15, 0.2) is 23.4 Å². The molecular formula is C8H10N2O. The van der Waals surface area contributed by atoms with Gasteiger partial charge in [-0.15, -0.1) is 4.91 Å². The van der Waals surface area contributed by atoms with E-state index in [9.17, 15) is 4.91 Å². The fraction of sp³-hybridized carbons (Fsp3) is 0.250. The Balaban J connectivity index is 3.09. The first kappa shape index (κ1) is 7.72. The molecule has 0 radical (unpaired) electrons. The molecule has 11 heavy (non-hydrogen) atoms. The first-order chi connectivity index (χ1) is 5.27. The topological polar surface area (TPSA) is 55.5 Å². The number of nitrogen functional groups attached to an aromatic ring is 1. The van der Waals surface area contributed by atoms with Crippen LogP contribution in [-0.4, -0.2) is 0 Å². The van der Waals surface area contributed by atoms with Gasteiger partial charge in [0.1, 0.15) is 5.69 Å². The summed E-state index contributed by atoms with van der Waals surface area (Å²) in [5.41, 5.74) is 7.69. The van der Waals surface area contributed by atoms with Crippen molar-refractivity contribution in [3.63, 3.8) is 0 Å². The number of benzene rings is 1. The molecule has 0 fully saturated rings. The number of hydrogen-bond donors (Lipinski definition) is 1. The molecule has 0 aliphatic rings. The van der Waals surface area contributed by atoms with Crippen LogP contribution in [0.5, 0.6) is 0 Å². The SMILES string of the molecule is CCc1ccc(N=O)cc1N. The first-order valence-corrected chi connectivity index (χ1v) is 3.49. The number of nitroso groups, excluding NO2 is 1. The molecule has 0 atom stereocenters. The predicted octanol–water partition coefficient (Wildman–Crippen LogP) is 2.23. The van der Waals surface area contributed by atoms with Crippen LogP contribution in [0.25, 0.3) is 0 Å². The molecule has 0 unspecified atom stereocenters. The summed E-state index contributed by atoms with van der Waals surface area (Å²) < 4.78 is 0. The van der Waals surface area contributed by atoms with Gasteiger partial charge in [0.25, 0.3) is 0 Å². The van der Waals surface area contributed by atoms with Crippen LogP contribution in [0.4, 0.5) is 11.4 Å². The second-order valence-electron chi connectivity index (χ2n) is 2.33. The minimum absolute atomic E-state index is 0.389. The van der Waals surface area contributed by atoms with Crippen LogP contribution in [0, 0.1) is 4.91 Å². The van der Waals surface area contributed by atoms with Gasteiger partial charge in [-0.3, -0.25) is 0 Å². The van der Waals surface area contributed by atoms with E-state index in [4.69, 9.17) is 5.73 Å². The van der Waals surface area contributed by atoms with Gasteiger partial charge in [0.2, 0.25) is 0 Å². The summed E-state index contributed by atoms with van der Waals surface area (Å²) in [7, 11) is 0. The largest absolute Gasteiger partial charge is 0.398 e. The average molecular weight is 150 g/mol. The average Bonchev–Trinajstić information content (AvgIpc) is 2.04. The van der Waals surface area contributed by atoms with Gasteiger partial charge in [-0.25, -0.2) is 0 Å². The lowest BCUT2D eigenvalue weighted by molar-refractivity contribution is 1.14. The molecular weight excluding hydrogens is 140 g/mol. The summed E-state index contributed by atoms with van der Waals surface area (Å²) in [5, 5.41) is 2.78. The summed E-state index contributed by atoms with van der Waals surface area (Å²) in [6.07, 6.45) is 0.880. The number of nitrogens with two attached hydrogens (primary N) is 1. The van der Waals surface area contributed by atoms with Crippen LogP contribution < -0.4 is 5.73 Å². The molecule has 58 valence electrons. The van der Waals surface area contributed by atoms with E-state index < -0.39 is 0 Å². The molecule has 0 saturated heterocycles. The molecule has 1 rings (SSSR count). The van der Waals surface area contributed by atoms with Gasteiger partial charge in [-0.1, -0.05) is 13.0 Å². The van der Waals surface area contributed by atoms with E-state index in [2.05, 4.69) is 5.18 Å². The zero-order valence-electron chi connectivity index (χ0n) is 6.37. The normalized spacial score (nSPS) is 9.55. The molecule has 0 aliphatic heterocycles. The highest BCUT2D eigenvalue weighted by Crippen LogP contribution is 2.19. The molecule has 2 N–H and O–H groups in total. The van der Waals surface area contributed by atoms with Gasteiger partial charge in [-0.2, -0.15) is 0 Å².